The van der Waals surface area contributed by atoms with Gasteiger partial charge in [-0.1, -0.05) is 12.1 Å². The lowest BCUT2D eigenvalue weighted by atomic mass is 10.2. The van der Waals surface area contributed by atoms with E-state index in [1.807, 2.05) is 0 Å². The largest absolute Gasteiger partial charge is 0.485 e. The number of thiophene rings is 1. The van der Waals surface area contributed by atoms with Gasteiger partial charge in [-0.25, -0.2) is 0 Å². The van der Waals surface area contributed by atoms with Crippen LogP contribution in [0.5, 0.6) is 5.75 Å². The van der Waals surface area contributed by atoms with Crippen LogP contribution in [0.15, 0.2) is 40.9 Å². The molecule has 0 aliphatic rings. The molecule has 0 saturated heterocycles. The molecule has 0 saturated carbocycles. The molecular weight excluding hydrogens is 338 g/mol. The molecule has 0 spiro atoms. The minimum absolute atomic E-state index is 0.105. The van der Waals surface area contributed by atoms with Gasteiger partial charge in [0.05, 0.1) is 6.54 Å². The summed E-state index contributed by atoms with van der Waals surface area (Å²) in [4.78, 5) is 18.7. The van der Waals surface area contributed by atoms with Crippen molar-refractivity contribution in [2.24, 2.45) is 0 Å². The van der Waals surface area contributed by atoms with Crippen LogP contribution >= 0.6 is 11.3 Å². The summed E-state index contributed by atoms with van der Waals surface area (Å²) in [6, 6.07) is 11.1. The quantitative estimate of drug-likeness (QED) is 0.700. The summed E-state index contributed by atoms with van der Waals surface area (Å²) >= 11 is 1.72. The zero-order valence-electron chi connectivity index (χ0n) is 14.1. The highest BCUT2D eigenvalue weighted by atomic mass is 32.1. The molecule has 6 nitrogen and oxygen atoms in total. The molecule has 1 aromatic carbocycles. The monoisotopic (exact) mass is 357 g/mol. The average Bonchev–Trinajstić information content (AvgIpc) is 3.27. The number of aryl methyl sites for hydroxylation is 2. The molecule has 0 unspecified atom stereocenters. The van der Waals surface area contributed by atoms with Crippen LogP contribution in [0.4, 0.5) is 0 Å². The highest BCUT2D eigenvalue weighted by Crippen LogP contribution is 2.17. The van der Waals surface area contributed by atoms with Gasteiger partial charge >= 0.3 is 0 Å². The van der Waals surface area contributed by atoms with Crippen molar-refractivity contribution in [1.82, 2.24) is 15.5 Å². The summed E-state index contributed by atoms with van der Waals surface area (Å²) < 4.78 is 10.5. The number of amides is 1. The van der Waals surface area contributed by atoms with Crippen molar-refractivity contribution >= 4 is 17.2 Å². The van der Waals surface area contributed by atoms with E-state index >= 15 is 0 Å². The Kier molecular flexibility index (Phi) is 5.45. The zero-order valence-corrected chi connectivity index (χ0v) is 14.9. The van der Waals surface area contributed by atoms with Crippen molar-refractivity contribution in [3.63, 3.8) is 0 Å². The minimum Gasteiger partial charge on any atom is -0.485 e. The first-order valence-corrected chi connectivity index (χ1v) is 8.83. The molecule has 0 bridgehead atoms. The summed E-state index contributed by atoms with van der Waals surface area (Å²) in [7, 11) is 0. The molecule has 130 valence electrons. The third-order valence-corrected chi connectivity index (χ3v) is 4.77. The summed E-state index contributed by atoms with van der Waals surface area (Å²) in [5, 5.41) is 6.69. The van der Waals surface area contributed by atoms with Crippen LogP contribution in [-0.2, 0) is 19.6 Å². The van der Waals surface area contributed by atoms with Crippen LogP contribution in [-0.4, -0.2) is 16.0 Å². The molecule has 2 aromatic heterocycles. The molecular formula is C18H19N3O3S. The number of carbonyl (C=O) groups excluding carboxylic acids is 1. The second kappa shape index (κ2) is 7.94. The maximum absolute atomic E-state index is 12.2. The Labute approximate surface area is 149 Å². The Balaban J connectivity index is 1.51. The van der Waals surface area contributed by atoms with Gasteiger partial charge < -0.3 is 14.6 Å². The van der Waals surface area contributed by atoms with Crippen LogP contribution < -0.4 is 10.1 Å². The highest BCUT2D eigenvalue weighted by molar-refractivity contribution is 7.11. The fourth-order valence-corrected chi connectivity index (χ4v) is 3.12. The number of nitrogens with one attached hydrogen (secondary N) is 1. The third kappa shape index (κ3) is 4.67. The summed E-state index contributed by atoms with van der Waals surface area (Å²) in [6.07, 6.45) is 1.02. The highest BCUT2D eigenvalue weighted by Gasteiger charge is 2.08. The third-order valence-electron chi connectivity index (χ3n) is 3.54. The van der Waals surface area contributed by atoms with E-state index in [9.17, 15) is 4.79 Å². The van der Waals surface area contributed by atoms with E-state index in [1.165, 1.54) is 4.88 Å². The van der Waals surface area contributed by atoms with Crippen LogP contribution in [0.1, 0.15) is 38.8 Å². The molecule has 3 rings (SSSR count). The summed E-state index contributed by atoms with van der Waals surface area (Å²) in [6.45, 7) is 4.61. The molecule has 25 heavy (non-hydrogen) atoms. The van der Waals surface area contributed by atoms with E-state index in [1.54, 1.807) is 42.5 Å². The fraction of sp³-hybridized carbons (Fsp3) is 0.278. The van der Waals surface area contributed by atoms with E-state index in [-0.39, 0.29) is 12.5 Å². The van der Waals surface area contributed by atoms with Crippen molar-refractivity contribution in [2.45, 2.75) is 33.4 Å². The standard InChI is InChI=1S/C18H19N3O3S/c1-3-15-8-9-16(25-15)10-19-18(22)13-4-6-14(7-5-13)23-11-17-20-12(2)24-21-17/h4-9H,3,10-11H2,1-2H3,(H,19,22). The topological polar surface area (TPSA) is 77.2 Å². The molecule has 3 aromatic rings. The lowest BCUT2D eigenvalue weighted by Gasteiger charge is -2.06. The molecule has 0 radical (unpaired) electrons. The molecule has 2 heterocycles. The molecule has 0 aliphatic heterocycles. The predicted octanol–water partition coefficient (Wildman–Crippen LogP) is 3.51. The second-order valence-electron chi connectivity index (χ2n) is 5.45. The Morgan fingerprint density at radius 3 is 2.60 bits per heavy atom. The maximum Gasteiger partial charge on any atom is 0.251 e. The number of hydrogen-bond donors (Lipinski definition) is 1. The Bertz CT molecular complexity index is 839. The molecule has 7 heteroatoms. The summed E-state index contributed by atoms with van der Waals surface area (Å²) in [5.41, 5.74) is 0.593. The van der Waals surface area contributed by atoms with Crippen molar-refractivity contribution in [3.8, 4) is 5.75 Å². The van der Waals surface area contributed by atoms with Gasteiger partial charge in [0.2, 0.25) is 11.7 Å². The van der Waals surface area contributed by atoms with E-state index < -0.39 is 0 Å². The molecule has 1 amide bonds. The zero-order chi connectivity index (χ0) is 17.6. The fourth-order valence-electron chi connectivity index (χ4n) is 2.23. The van der Waals surface area contributed by atoms with E-state index in [2.05, 4.69) is 34.5 Å². The lowest BCUT2D eigenvalue weighted by molar-refractivity contribution is 0.0951. The first-order valence-electron chi connectivity index (χ1n) is 8.02. The first-order chi connectivity index (χ1) is 12.1. The minimum atomic E-state index is -0.105. The normalized spacial score (nSPS) is 10.6. The lowest BCUT2D eigenvalue weighted by Crippen LogP contribution is -2.22. The van der Waals surface area contributed by atoms with Crippen molar-refractivity contribution in [1.29, 1.82) is 0 Å². The Morgan fingerprint density at radius 1 is 1.20 bits per heavy atom. The van der Waals surface area contributed by atoms with Crippen LogP contribution in [0.2, 0.25) is 0 Å². The Hall–Kier alpha value is -2.67. The van der Waals surface area contributed by atoms with Gasteiger partial charge in [-0.15, -0.1) is 11.3 Å². The second-order valence-corrected chi connectivity index (χ2v) is 6.70. The van der Waals surface area contributed by atoms with Gasteiger partial charge in [-0.3, -0.25) is 4.79 Å². The number of hydrogen-bond acceptors (Lipinski definition) is 6. The van der Waals surface area contributed by atoms with E-state index in [4.69, 9.17) is 9.26 Å². The Morgan fingerprint density at radius 2 is 1.96 bits per heavy atom. The number of benzene rings is 1. The van der Waals surface area contributed by atoms with Gasteiger partial charge in [0.15, 0.2) is 6.61 Å². The van der Waals surface area contributed by atoms with Gasteiger partial charge in [0, 0.05) is 22.2 Å². The van der Waals surface area contributed by atoms with Crippen LogP contribution in [0, 0.1) is 6.92 Å². The molecule has 0 atom stereocenters. The smallest absolute Gasteiger partial charge is 0.251 e. The molecule has 0 fully saturated rings. The van der Waals surface area contributed by atoms with Gasteiger partial charge in [0.25, 0.3) is 5.91 Å². The summed E-state index contributed by atoms with van der Waals surface area (Å²) in [5.74, 6) is 1.53. The van der Waals surface area contributed by atoms with Crippen molar-refractivity contribution < 1.29 is 14.1 Å². The number of nitrogens with zero attached hydrogens (tertiary/aromatic N) is 2. The van der Waals surface area contributed by atoms with Gasteiger partial charge in [0.1, 0.15) is 5.75 Å². The van der Waals surface area contributed by atoms with Crippen LogP contribution in [0.25, 0.3) is 0 Å². The number of ether oxygens (including phenoxy) is 1. The van der Waals surface area contributed by atoms with Gasteiger partial charge in [-0.2, -0.15) is 4.98 Å². The van der Waals surface area contributed by atoms with Crippen molar-refractivity contribution in [2.75, 3.05) is 0 Å². The molecule has 0 aliphatic carbocycles. The first kappa shape index (κ1) is 17.2. The number of carbonyl (C=O) groups is 1. The van der Waals surface area contributed by atoms with Crippen molar-refractivity contribution in [3.05, 3.63) is 63.4 Å². The van der Waals surface area contributed by atoms with Gasteiger partial charge in [-0.05, 0) is 42.8 Å². The molecule has 1 N–H and O–H groups in total. The van der Waals surface area contributed by atoms with E-state index in [0.29, 0.717) is 29.6 Å². The maximum atomic E-state index is 12.2. The number of aromatic nitrogens is 2. The van der Waals surface area contributed by atoms with Crippen LogP contribution in [0.3, 0.4) is 0 Å². The predicted molar refractivity (Wildman–Crippen MR) is 94.7 cm³/mol. The van der Waals surface area contributed by atoms with E-state index in [0.717, 1.165) is 11.3 Å². The SMILES string of the molecule is CCc1ccc(CNC(=O)c2ccc(OCc3noc(C)n3)cc2)s1. The number of rotatable bonds is 7. The average molecular weight is 357 g/mol.